The van der Waals surface area contributed by atoms with Crippen molar-refractivity contribution in [3.8, 4) is 11.1 Å². The molecule has 4 rings (SSSR count). The number of rotatable bonds is 4. The lowest BCUT2D eigenvalue weighted by atomic mass is 9.85. The number of benzene rings is 3. The lowest BCUT2D eigenvalue weighted by molar-refractivity contribution is -0.385. The molecule has 146 valence electrons. The normalized spacial score (nSPS) is 18.0. The number of nitrogens with one attached hydrogen (secondary N) is 1. The highest BCUT2D eigenvalue weighted by molar-refractivity contribution is 5.95. The molecule has 0 radical (unpaired) electrons. The number of non-ortho nitro benzene ring substituents is 1. The molecule has 0 heterocycles. The Kier molecular flexibility index (Phi) is 5.10. The van der Waals surface area contributed by atoms with Crippen LogP contribution < -0.4 is 5.32 Å². The minimum absolute atomic E-state index is 0.0516. The van der Waals surface area contributed by atoms with E-state index >= 15 is 0 Å². The Labute approximate surface area is 168 Å². The third-order valence-corrected chi connectivity index (χ3v) is 5.31. The number of amides is 1. The van der Waals surface area contributed by atoms with Crippen LogP contribution in [0, 0.1) is 10.1 Å². The van der Waals surface area contributed by atoms with Gasteiger partial charge >= 0.3 is 0 Å². The van der Waals surface area contributed by atoms with E-state index in [9.17, 15) is 20.0 Å². The molecule has 6 heteroatoms. The summed E-state index contributed by atoms with van der Waals surface area (Å²) in [7, 11) is 0. The summed E-state index contributed by atoms with van der Waals surface area (Å²) in [6.45, 7) is 0. The number of fused-ring (bicyclic) bond motifs is 1. The summed E-state index contributed by atoms with van der Waals surface area (Å²) in [5.74, 6) is -0.326. The van der Waals surface area contributed by atoms with E-state index in [1.807, 2.05) is 42.5 Å². The molecule has 3 aromatic carbocycles. The van der Waals surface area contributed by atoms with E-state index in [-0.39, 0.29) is 11.6 Å². The summed E-state index contributed by atoms with van der Waals surface area (Å²) in [6, 6.07) is 21.0. The SMILES string of the molecule is O=C(NC1c2cc([N+](=O)[O-])ccc2CCC1O)c1ccc(-c2ccccc2)cc1. The second-order valence-corrected chi connectivity index (χ2v) is 7.14. The van der Waals surface area contributed by atoms with Gasteiger partial charge < -0.3 is 10.4 Å². The first kappa shape index (κ1) is 18.8. The number of aliphatic hydroxyl groups excluding tert-OH is 1. The Morgan fingerprint density at radius 1 is 1.00 bits per heavy atom. The third-order valence-electron chi connectivity index (χ3n) is 5.31. The molecule has 1 amide bonds. The van der Waals surface area contributed by atoms with Crippen molar-refractivity contribution in [2.75, 3.05) is 0 Å². The molecule has 2 unspecified atom stereocenters. The zero-order chi connectivity index (χ0) is 20.4. The maximum absolute atomic E-state index is 12.8. The van der Waals surface area contributed by atoms with Crippen LogP contribution >= 0.6 is 0 Å². The molecule has 3 aromatic rings. The molecule has 0 aromatic heterocycles. The van der Waals surface area contributed by atoms with Crippen molar-refractivity contribution >= 4 is 11.6 Å². The average Bonchev–Trinajstić information content (AvgIpc) is 2.76. The quantitative estimate of drug-likeness (QED) is 0.521. The second kappa shape index (κ2) is 7.85. The molecule has 29 heavy (non-hydrogen) atoms. The van der Waals surface area contributed by atoms with Crippen LogP contribution in [0.1, 0.15) is 33.9 Å². The van der Waals surface area contributed by atoms with Gasteiger partial charge in [-0.3, -0.25) is 14.9 Å². The zero-order valence-electron chi connectivity index (χ0n) is 15.6. The van der Waals surface area contributed by atoms with Crippen molar-refractivity contribution in [3.05, 3.63) is 99.6 Å². The largest absolute Gasteiger partial charge is 0.391 e. The van der Waals surface area contributed by atoms with Gasteiger partial charge in [0.05, 0.1) is 17.1 Å². The summed E-state index contributed by atoms with van der Waals surface area (Å²) in [4.78, 5) is 23.4. The lowest BCUT2D eigenvalue weighted by Gasteiger charge is -2.30. The number of nitro groups is 1. The highest BCUT2D eigenvalue weighted by atomic mass is 16.6. The van der Waals surface area contributed by atoms with Crippen LogP contribution in [-0.2, 0) is 6.42 Å². The van der Waals surface area contributed by atoms with Gasteiger partial charge in [-0.15, -0.1) is 0 Å². The fourth-order valence-electron chi connectivity index (χ4n) is 3.73. The fourth-order valence-corrected chi connectivity index (χ4v) is 3.73. The van der Waals surface area contributed by atoms with Gasteiger partial charge in [0.15, 0.2) is 0 Å². The van der Waals surface area contributed by atoms with Crippen molar-refractivity contribution in [1.29, 1.82) is 0 Å². The molecule has 1 aliphatic carbocycles. The van der Waals surface area contributed by atoms with E-state index in [2.05, 4.69) is 5.32 Å². The molecule has 1 aliphatic rings. The Hall–Kier alpha value is -3.51. The van der Waals surface area contributed by atoms with Crippen LogP contribution in [-0.4, -0.2) is 22.0 Å². The number of nitrogens with zero attached hydrogens (tertiary/aromatic N) is 1. The van der Waals surface area contributed by atoms with E-state index in [1.54, 1.807) is 18.2 Å². The number of hydrogen-bond acceptors (Lipinski definition) is 4. The van der Waals surface area contributed by atoms with E-state index in [4.69, 9.17) is 0 Å². The van der Waals surface area contributed by atoms with E-state index in [0.717, 1.165) is 16.7 Å². The Bertz CT molecular complexity index is 1050. The van der Waals surface area contributed by atoms with Crippen molar-refractivity contribution in [2.24, 2.45) is 0 Å². The van der Waals surface area contributed by atoms with E-state index in [1.165, 1.54) is 12.1 Å². The molecule has 0 saturated heterocycles. The number of aryl methyl sites for hydroxylation is 1. The van der Waals surface area contributed by atoms with E-state index in [0.29, 0.717) is 24.0 Å². The molecule has 0 spiro atoms. The van der Waals surface area contributed by atoms with Crippen molar-refractivity contribution in [2.45, 2.75) is 25.0 Å². The van der Waals surface area contributed by atoms with Gasteiger partial charge in [0.1, 0.15) is 0 Å². The van der Waals surface area contributed by atoms with Gasteiger partial charge in [-0.1, -0.05) is 48.5 Å². The zero-order valence-corrected chi connectivity index (χ0v) is 15.6. The Morgan fingerprint density at radius 2 is 1.69 bits per heavy atom. The van der Waals surface area contributed by atoms with Gasteiger partial charge in [0, 0.05) is 17.7 Å². The average molecular weight is 388 g/mol. The highest BCUT2D eigenvalue weighted by Gasteiger charge is 2.31. The summed E-state index contributed by atoms with van der Waals surface area (Å²) >= 11 is 0. The molecule has 0 bridgehead atoms. The molecule has 0 fully saturated rings. The van der Waals surface area contributed by atoms with Gasteiger partial charge in [-0.05, 0) is 47.2 Å². The van der Waals surface area contributed by atoms with Crippen molar-refractivity contribution < 1.29 is 14.8 Å². The number of carbonyl (C=O) groups is 1. The molecule has 2 N–H and O–H groups in total. The van der Waals surface area contributed by atoms with Gasteiger partial charge in [0.25, 0.3) is 11.6 Å². The standard InChI is InChI=1S/C23H20N2O4/c26-21-13-11-17-10-12-19(25(28)29)14-20(17)22(21)24-23(27)18-8-6-16(7-9-18)15-4-2-1-3-5-15/h1-10,12,14,21-22,26H,11,13H2,(H,24,27). The van der Waals surface area contributed by atoms with Gasteiger partial charge in [0.2, 0.25) is 0 Å². The third kappa shape index (κ3) is 3.88. The number of hydrogen-bond donors (Lipinski definition) is 2. The predicted octanol–water partition coefficient (Wildman–Crippen LogP) is 4.04. The number of carbonyl (C=O) groups excluding carboxylic acids is 1. The molecule has 2 atom stereocenters. The summed E-state index contributed by atoms with van der Waals surface area (Å²) in [5.41, 5.74) is 3.99. The number of aliphatic hydroxyl groups is 1. The summed E-state index contributed by atoms with van der Waals surface area (Å²) in [5, 5.41) is 24.4. The van der Waals surface area contributed by atoms with Crippen LogP contribution in [0.3, 0.4) is 0 Å². The molecule has 0 aliphatic heterocycles. The minimum Gasteiger partial charge on any atom is -0.391 e. The maximum Gasteiger partial charge on any atom is 0.269 e. The van der Waals surface area contributed by atoms with Crippen LogP contribution in [0.15, 0.2) is 72.8 Å². The topological polar surface area (TPSA) is 92.5 Å². The van der Waals surface area contributed by atoms with Crippen molar-refractivity contribution in [1.82, 2.24) is 5.32 Å². The first-order valence-electron chi connectivity index (χ1n) is 9.44. The van der Waals surface area contributed by atoms with E-state index < -0.39 is 17.1 Å². The van der Waals surface area contributed by atoms with Crippen LogP contribution in [0.2, 0.25) is 0 Å². The van der Waals surface area contributed by atoms with Gasteiger partial charge in [-0.25, -0.2) is 0 Å². The first-order valence-corrected chi connectivity index (χ1v) is 9.44. The second-order valence-electron chi connectivity index (χ2n) is 7.14. The highest BCUT2D eigenvalue weighted by Crippen LogP contribution is 2.33. The fraction of sp³-hybridized carbons (Fsp3) is 0.174. The molecular weight excluding hydrogens is 368 g/mol. The Morgan fingerprint density at radius 3 is 2.38 bits per heavy atom. The van der Waals surface area contributed by atoms with Crippen LogP contribution in [0.4, 0.5) is 5.69 Å². The first-order chi connectivity index (χ1) is 14.0. The van der Waals surface area contributed by atoms with Crippen LogP contribution in [0.25, 0.3) is 11.1 Å². The molecular formula is C23H20N2O4. The maximum atomic E-state index is 12.8. The smallest absolute Gasteiger partial charge is 0.269 e. The Balaban J connectivity index is 1.57. The van der Waals surface area contributed by atoms with Gasteiger partial charge in [-0.2, -0.15) is 0 Å². The minimum atomic E-state index is -0.794. The number of nitro benzene ring substituents is 1. The predicted molar refractivity (Wildman–Crippen MR) is 110 cm³/mol. The lowest BCUT2D eigenvalue weighted by Crippen LogP contribution is -2.39. The molecule has 6 nitrogen and oxygen atoms in total. The molecule has 0 saturated carbocycles. The summed E-state index contributed by atoms with van der Waals surface area (Å²) in [6.07, 6.45) is 0.312. The summed E-state index contributed by atoms with van der Waals surface area (Å²) < 4.78 is 0. The monoisotopic (exact) mass is 388 g/mol. The van der Waals surface area contributed by atoms with Crippen LogP contribution in [0.5, 0.6) is 0 Å². The van der Waals surface area contributed by atoms with Crippen molar-refractivity contribution in [3.63, 3.8) is 0 Å².